The molecule has 0 aliphatic heterocycles. The van der Waals surface area contributed by atoms with Crippen LogP contribution in [0.25, 0.3) is 0 Å². The van der Waals surface area contributed by atoms with E-state index < -0.39 is 5.54 Å². The minimum absolute atomic E-state index is 0. The first kappa shape index (κ1) is 16.9. The number of carbonyl (C=O) groups excluding carboxylic acids is 1. The number of rotatable bonds is 5. The second kappa shape index (κ2) is 7.34. The fourth-order valence-corrected chi connectivity index (χ4v) is 1.32. The first-order chi connectivity index (χ1) is 7.87. The predicted molar refractivity (Wildman–Crippen MR) is 73.2 cm³/mol. The summed E-state index contributed by atoms with van der Waals surface area (Å²) in [5.41, 5.74) is 6.31. The van der Waals surface area contributed by atoms with Crippen LogP contribution in [-0.4, -0.2) is 18.0 Å². The van der Waals surface area contributed by atoms with Crippen molar-refractivity contribution in [3.05, 3.63) is 35.6 Å². The van der Waals surface area contributed by atoms with Crippen LogP contribution >= 0.6 is 12.4 Å². The van der Waals surface area contributed by atoms with E-state index in [9.17, 15) is 9.18 Å². The molecule has 0 unspecified atom stereocenters. The van der Waals surface area contributed by atoms with Gasteiger partial charge in [-0.1, -0.05) is 12.1 Å². The molecule has 0 radical (unpaired) electrons. The predicted octanol–water partition coefficient (Wildman–Crippen LogP) is 2.03. The van der Waals surface area contributed by atoms with Gasteiger partial charge < -0.3 is 11.1 Å². The number of nitrogens with one attached hydrogen (secondary N) is 1. The molecule has 102 valence electrons. The average Bonchev–Trinajstić information content (AvgIpc) is 2.25. The molecule has 3 N–H and O–H groups in total. The lowest BCUT2D eigenvalue weighted by molar-refractivity contribution is -0.121. The highest BCUT2D eigenvalue weighted by Gasteiger charge is 2.11. The van der Waals surface area contributed by atoms with Gasteiger partial charge in [0.25, 0.3) is 0 Å². The lowest BCUT2D eigenvalue weighted by atomic mass is 10.1. The number of hydrogen-bond acceptors (Lipinski definition) is 2. The number of benzene rings is 1. The molecule has 0 saturated carbocycles. The molecule has 0 aromatic heterocycles. The Morgan fingerprint density at radius 2 is 1.89 bits per heavy atom. The van der Waals surface area contributed by atoms with E-state index in [1.165, 1.54) is 12.1 Å². The lowest BCUT2D eigenvalue weighted by Crippen LogP contribution is -2.45. The Labute approximate surface area is 113 Å². The molecule has 0 aliphatic carbocycles. The Hall–Kier alpha value is -1.13. The van der Waals surface area contributed by atoms with Crippen molar-refractivity contribution in [2.24, 2.45) is 5.73 Å². The van der Waals surface area contributed by atoms with Crippen molar-refractivity contribution in [2.75, 3.05) is 6.54 Å². The molecule has 3 nitrogen and oxygen atoms in total. The summed E-state index contributed by atoms with van der Waals surface area (Å²) in [5.74, 6) is -0.295. The van der Waals surface area contributed by atoms with Crippen LogP contribution in [-0.2, 0) is 11.2 Å². The van der Waals surface area contributed by atoms with E-state index in [2.05, 4.69) is 5.32 Å². The molecule has 1 aromatic carbocycles. The van der Waals surface area contributed by atoms with E-state index in [1.807, 2.05) is 13.8 Å². The van der Waals surface area contributed by atoms with Gasteiger partial charge in [-0.15, -0.1) is 12.4 Å². The van der Waals surface area contributed by atoms with E-state index in [-0.39, 0.29) is 24.1 Å². The SMILES string of the molecule is CC(C)(N)CNC(=O)CCc1ccc(F)cc1.Cl. The first-order valence-electron chi connectivity index (χ1n) is 5.67. The van der Waals surface area contributed by atoms with Crippen molar-refractivity contribution < 1.29 is 9.18 Å². The molecule has 5 heteroatoms. The third-order valence-electron chi connectivity index (χ3n) is 2.30. The first-order valence-corrected chi connectivity index (χ1v) is 5.67. The number of aryl methyl sites for hydroxylation is 1. The van der Waals surface area contributed by atoms with Crippen LogP contribution < -0.4 is 11.1 Å². The number of amides is 1. The fraction of sp³-hybridized carbons (Fsp3) is 0.462. The molecule has 0 spiro atoms. The quantitative estimate of drug-likeness (QED) is 0.863. The van der Waals surface area contributed by atoms with Crippen molar-refractivity contribution in [3.63, 3.8) is 0 Å². The van der Waals surface area contributed by atoms with Gasteiger partial charge in [-0.25, -0.2) is 4.39 Å². The Kier molecular flexibility index (Phi) is 6.88. The molecule has 0 fully saturated rings. The zero-order chi connectivity index (χ0) is 12.9. The molecular formula is C13H20ClFN2O. The molecule has 0 saturated heterocycles. The van der Waals surface area contributed by atoms with Gasteiger partial charge >= 0.3 is 0 Å². The third-order valence-corrected chi connectivity index (χ3v) is 2.30. The molecule has 0 heterocycles. The maximum absolute atomic E-state index is 12.6. The highest BCUT2D eigenvalue weighted by atomic mass is 35.5. The zero-order valence-corrected chi connectivity index (χ0v) is 11.5. The van der Waals surface area contributed by atoms with Crippen LogP contribution in [0.5, 0.6) is 0 Å². The molecular weight excluding hydrogens is 255 g/mol. The summed E-state index contributed by atoms with van der Waals surface area (Å²) < 4.78 is 12.6. The number of halogens is 2. The summed E-state index contributed by atoms with van der Waals surface area (Å²) in [5, 5.41) is 2.77. The highest BCUT2D eigenvalue weighted by molar-refractivity contribution is 5.85. The summed E-state index contributed by atoms with van der Waals surface area (Å²) in [6, 6.07) is 6.18. The molecule has 1 amide bonds. The van der Waals surface area contributed by atoms with E-state index >= 15 is 0 Å². The monoisotopic (exact) mass is 274 g/mol. The van der Waals surface area contributed by atoms with Crippen LogP contribution in [0.4, 0.5) is 4.39 Å². The summed E-state index contributed by atoms with van der Waals surface area (Å²) in [6.45, 7) is 4.16. The maximum atomic E-state index is 12.6. The second-order valence-corrected chi connectivity index (χ2v) is 4.89. The standard InChI is InChI=1S/C13H19FN2O.ClH/c1-13(2,15)9-16-12(17)8-5-10-3-6-11(14)7-4-10;/h3-4,6-7H,5,8-9,15H2,1-2H3,(H,16,17);1H. The zero-order valence-electron chi connectivity index (χ0n) is 10.7. The second-order valence-electron chi connectivity index (χ2n) is 4.89. The Bertz CT molecular complexity index is 374. The van der Waals surface area contributed by atoms with Crippen molar-refractivity contribution >= 4 is 18.3 Å². The third kappa shape index (κ3) is 7.25. The number of hydrogen-bond donors (Lipinski definition) is 2. The van der Waals surface area contributed by atoms with Crippen molar-refractivity contribution in [2.45, 2.75) is 32.2 Å². The minimum Gasteiger partial charge on any atom is -0.354 e. The number of nitrogens with two attached hydrogens (primary N) is 1. The van der Waals surface area contributed by atoms with Crippen LogP contribution in [0.2, 0.25) is 0 Å². The van der Waals surface area contributed by atoms with Crippen LogP contribution in [0, 0.1) is 5.82 Å². The van der Waals surface area contributed by atoms with Gasteiger partial charge in [0, 0.05) is 18.5 Å². The van der Waals surface area contributed by atoms with Gasteiger partial charge in [0.1, 0.15) is 5.82 Å². The molecule has 1 aromatic rings. The Morgan fingerprint density at radius 1 is 1.33 bits per heavy atom. The van der Waals surface area contributed by atoms with E-state index in [1.54, 1.807) is 12.1 Å². The van der Waals surface area contributed by atoms with Gasteiger partial charge in [-0.3, -0.25) is 4.79 Å². The van der Waals surface area contributed by atoms with Crippen molar-refractivity contribution in [1.82, 2.24) is 5.32 Å². The Morgan fingerprint density at radius 3 is 2.39 bits per heavy atom. The summed E-state index contributed by atoms with van der Waals surface area (Å²) in [6.07, 6.45) is 0.999. The maximum Gasteiger partial charge on any atom is 0.220 e. The van der Waals surface area contributed by atoms with Crippen LogP contribution in [0.1, 0.15) is 25.8 Å². The van der Waals surface area contributed by atoms with E-state index in [4.69, 9.17) is 5.73 Å². The van der Waals surface area contributed by atoms with Crippen LogP contribution in [0.3, 0.4) is 0 Å². The molecule has 0 aliphatic rings. The normalized spacial score (nSPS) is 10.7. The number of carbonyl (C=O) groups is 1. The largest absolute Gasteiger partial charge is 0.354 e. The van der Waals surface area contributed by atoms with E-state index in [0.717, 1.165) is 5.56 Å². The van der Waals surface area contributed by atoms with Crippen molar-refractivity contribution in [3.8, 4) is 0 Å². The van der Waals surface area contributed by atoms with Gasteiger partial charge in [0.15, 0.2) is 0 Å². The molecule has 1 rings (SSSR count). The smallest absolute Gasteiger partial charge is 0.220 e. The molecule has 0 bridgehead atoms. The minimum atomic E-state index is -0.397. The summed E-state index contributed by atoms with van der Waals surface area (Å²) in [7, 11) is 0. The highest BCUT2D eigenvalue weighted by Crippen LogP contribution is 2.05. The average molecular weight is 275 g/mol. The summed E-state index contributed by atoms with van der Waals surface area (Å²) >= 11 is 0. The molecule has 18 heavy (non-hydrogen) atoms. The van der Waals surface area contributed by atoms with Crippen molar-refractivity contribution in [1.29, 1.82) is 0 Å². The topological polar surface area (TPSA) is 55.1 Å². The summed E-state index contributed by atoms with van der Waals surface area (Å²) in [4.78, 5) is 11.5. The van der Waals surface area contributed by atoms with Gasteiger partial charge in [0.2, 0.25) is 5.91 Å². The van der Waals surface area contributed by atoms with Gasteiger partial charge in [0.05, 0.1) is 0 Å². The van der Waals surface area contributed by atoms with Gasteiger partial charge in [-0.2, -0.15) is 0 Å². The fourth-order valence-electron chi connectivity index (χ4n) is 1.32. The Balaban J connectivity index is 0.00000289. The van der Waals surface area contributed by atoms with E-state index in [0.29, 0.717) is 19.4 Å². The van der Waals surface area contributed by atoms with Crippen LogP contribution in [0.15, 0.2) is 24.3 Å². The lowest BCUT2D eigenvalue weighted by Gasteiger charge is -2.18. The molecule has 0 atom stereocenters. The van der Waals surface area contributed by atoms with Gasteiger partial charge in [-0.05, 0) is 38.0 Å².